The first-order chi connectivity index (χ1) is 5.77. The molecule has 0 saturated carbocycles. The summed E-state index contributed by atoms with van der Waals surface area (Å²) in [6.07, 6.45) is 3.13. The van der Waals surface area contributed by atoms with E-state index in [0.717, 1.165) is 10.9 Å². The maximum atomic E-state index is 5.90. The Bertz CT molecular complexity index is 428. The van der Waals surface area contributed by atoms with E-state index in [1.165, 1.54) is 6.33 Å². The molecule has 0 amide bonds. The molecule has 1 aromatic carbocycles. The van der Waals surface area contributed by atoms with E-state index in [1.54, 1.807) is 18.3 Å². The largest absolute Gasteiger partial charge is 0.244 e. The standard InChI is InChI=1S/C8H4Cl2N2/c9-5-1-7(10)6-3-11-4-12-8(6)2-5/h1-4H. The van der Waals surface area contributed by atoms with Gasteiger partial charge in [-0.2, -0.15) is 0 Å². The minimum atomic E-state index is 0.582. The third kappa shape index (κ3) is 1.24. The van der Waals surface area contributed by atoms with E-state index in [9.17, 15) is 0 Å². The van der Waals surface area contributed by atoms with Crippen LogP contribution in [-0.2, 0) is 0 Å². The van der Waals surface area contributed by atoms with Gasteiger partial charge in [0.05, 0.1) is 10.5 Å². The molecular formula is C8H4Cl2N2. The fourth-order valence-corrected chi connectivity index (χ4v) is 1.54. The minimum Gasteiger partial charge on any atom is -0.244 e. The lowest BCUT2D eigenvalue weighted by molar-refractivity contribution is 1.22. The summed E-state index contributed by atoms with van der Waals surface area (Å²) >= 11 is 11.7. The summed E-state index contributed by atoms with van der Waals surface area (Å²) in [5.74, 6) is 0. The van der Waals surface area contributed by atoms with Gasteiger partial charge in [0.15, 0.2) is 0 Å². The Hall–Kier alpha value is -0.860. The van der Waals surface area contributed by atoms with Crippen molar-refractivity contribution in [1.82, 2.24) is 9.97 Å². The van der Waals surface area contributed by atoms with E-state index in [2.05, 4.69) is 9.97 Å². The second-order valence-electron chi connectivity index (χ2n) is 2.34. The molecule has 0 aliphatic rings. The van der Waals surface area contributed by atoms with Gasteiger partial charge < -0.3 is 0 Å². The number of halogens is 2. The number of fused-ring (bicyclic) bond motifs is 1. The first-order valence-electron chi connectivity index (χ1n) is 3.32. The first-order valence-corrected chi connectivity index (χ1v) is 4.08. The molecule has 2 rings (SSSR count). The van der Waals surface area contributed by atoms with Crippen molar-refractivity contribution in [2.75, 3.05) is 0 Å². The van der Waals surface area contributed by atoms with Crippen molar-refractivity contribution in [2.45, 2.75) is 0 Å². The Morgan fingerprint density at radius 3 is 2.83 bits per heavy atom. The molecule has 0 atom stereocenters. The van der Waals surface area contributed by atoms with Crippen LogP contribution in [0.25, 0.3) is 10.9 Å². The van der Waals surface area contributed by atoms with Gasteiger partial charge in [-0.25, -0.2) is 9.97 Å². The van der Waals surface area contributed by atoms with Gasteiger partial charge in [-0.15, -0.1) is 0 Å². The molecule has 2 aromatic rings. The highest BCUT2D eigenvalue weighted by Crippen LogP contribution is 2.25. The minimum absolute atomic E-state index is 0.582. The fraction of sp³-hybridized carbons (Fsp3) is 0. The van der Waals surface area contributed by atoms with Crippen molar-refractivity contribution in [3.8, 4) is 0 Å². The molecule has 0 spiro atoms. The van der Waals surface area contributed by atoms with Gasteiger partial charge in [-0.3, -0.25) is 0 Å². The molecule has 12 heavy (non-hydrogen) atoms. The van der Waals surface area contributed by atoms with E-state index in [4.69, 9.17) is 23.2 Å². The smallest absolute Gasteiger partial charge is 0.116 e. The zero-order chi connectivity index (χ0) is 8.55. The summed E-state index contributed by atoms with van der Waals surface area (Å²) in [7, 11) is 0. The molecule has 1 aromatic heterocycles. The van der Waals surface area contributed by atoms with E-state index < -0.39 is 0 Å². The van der Waals surface area contributed by atoms with Crippen molar-refractivity contribution in [1.29, 1.82) is 0 Å². The summed E-state index contributed by atoms with van der Waals surface area (Å²) in [4.78, 5) is 7.89. The maximum absolute atomic E-state index is 5.90. The van der Waals surface area contributed by atoms with Crippen LogP contribution in [0, 0.1) is 0 Å². The van der Waals surface area contributed by atoms with Crippen LogP contribution in [0.15, 0.2) is 24.7 Å². The lowest BCUT2D eigenvalue weighted by Crippen LogP contribution is -1.81. The second kappa shape index (κ2) is 2.88. The Morgan fingerprint density at radius 2 is 2.00 bits per heavy atom. The lowest BCUT2D eigenvalue weighted by Gasteiger charge is -1.98. The zero-order valence-electron chi connectivity index (χ0n) is 5.96. The quantitative estimate of drug-likeness (QED) is 0.651. The average molecular weight is 199 g/mol. The van der Waals surface area contributed by atoms with Crippen molar-refractivity contribution in [3.05, 3.63) is 34.7 Å². The number of benzene rings is 1. The van der Waals surface area contributed by atoms with Crippen molar-refractivity contribution < 1.29 is 0 Å². The number of hydrogen-bond donors (Lipinski definition) is 0. The molecular weight excluding hydrogens is 195 g/mol. The summed E-state index contributed by atoms with van der Waals surface area (Å²) in [6, 6.07) is 3.43. The molecule has 0 aliphatic heterocycles. The molecule has 0 aliphatic carbocycles. The molecule has 0 fully saturated rings. The van der Waals surface area contributed by atoms with Crippen molar-refractivity contribution in [3.63, 3.8) is 0 Å². The van der Waals surface area contributed by atoms with Gasteiger partial charge in [-0.05, 0) is 12.1 Å². The van der Waals surface area contributed by atoms with E-state index in [1.807, 2.05) is 0 Å². The topological polar surface area (TPSA) is 25.8 Å². The molecule has 2 nitrogen and oxygen atoms in total. The lowest BCUT2D eigenvalue weighted by atomic mass is 10.2. The summed E-state index contributed by atoms with van der Waals surface area (Å²) in [5, 5.41) is 1.99. The molecule has 1 heterocycles. The van der Waals surface area contributed by atoms with Gasteiger partial charge in [0, 0.05) is 16.6 Å². The normalized spacial score (nSPS) is 10.5. The number of aromatic nitrogens is 2. The maximum Gasteiger partial charge on any atom is 0.116 e. The van der Waals surface area contributed by atoms with Crippen LogP contribution in [-0.4, -0.2) is 9.97 Å². The van der Waals surface area contributed by atoms with Gasteiger partial charge >= 0.3 is 0 Å². The summed E-state index contributed by atoms with van der Waals surface area (Å²) in [6.45, 7) is 0. The van der Waals surface area contributed by atoms with Crippen molar-refractivity contribution in [2.24, 2.45) is 0 Å². The molecule has 0 radical (unpaired) electrons. The molecule has 0 N–H and O–H groups in total. The summed E-state index contributed by atoms with van der Waals surface area (Å²) in [5.41, 5.74) is 0.766. The van der Waals surface area contributed by atoms with Crippen molar-refractivity contribution >= 4 is 34.1 Å². The van der Waals surface area contributed by atoms with Crippen LogP contribution in [0.5, 0.6) is 0 Å². The highest BCUT2D eigenvalue weighted by molar-refractivity contribution is 6.38. The number of nitrogens with zero attached hydrogens (tertiary/aromatic N) is 2. The molecule has 4 heteroatoms. The van der Waals surface area contributed by atoms with Gasteiger partial charge in [0.25, 0.3) is 0 Å². The van der Waals surface area contributed by atoms with Gasteiger partial charge in [-0.1, -0.05) is 23.2 Å². The Kier molecular flexibility index (Phi) is 1.87. The third-order valence-electron chi connectivity index (χ3n) is 1.54. The average Bonchev–Trinajstić information content (AvgIpc) is 2.04. The summed E-state index contributed by atoms with van der Waals surface area (Å²) < 4.78 is 0. The number of rotatable bonds is 0. The van der Waals surface area contributed by atoms with Crippen LogP contribution < -0.4 is 0 Å². The van der Waals surface area contributed by atoms with Crippen LogP contribution >= 0.6 is 23.2 Å². The second-order valence-corrected chi connectivity index (χ2v) is 3.19. The van der Waals surface area contributed by atoms with E-state index in [-0.39, 0.29) is 0 Å². The highest BCUT2D eigenvalue weighted by atomic mass is 35.5. The zero-order valence-corrected chi connectivity index (χ0v) is 7.47. The Morgan fingerprint density at radius 1 is 1.17 bits per heavy atom. The van der Waals surface area contributed by atoms with Crippen LogP contribution in [0.2, 0.25) is 10.0 Å². The molecule has 0 unspecified atom stereocenters. The molecule has 0 saturated heterocycles. The number of hydrogen-bond acceptors (Lipinski definition) is 2. The molecule has 60 valence electrons. The fourth-order valence-electron chi connectivity index (χ4n) is 1.01. The predicted octanol–water partition coefficient (Wildman–Crippen LogP) is 2.94. The van der Waals surface area contributed by atoms with E-state index >= 15 is 0 Å². The SMILES string of the molecule is Clc1cc(Cl)c2cncnc2c1. The van der Waals surface area contributed by atoms with Gasteiger partial charge in [0.1, 0.15) is 6.33 Å². The monoisotopic (exact) mass is 198 g/mol. The Balaban J connectivity index is 2.89. The van der Waals surface area contributed by atoms with Crippen LogP contribution in [0.3, 0.4) is 0 Å². The van der Waals surface area contributed by atoms with Crippen LogP contribution in [0.1, 0.15) is 0 Å². The highest BCUT2D eigenvalue weighted by Gasteiger charge is 2.00. The van der Waals surface area contributed by atoms with Gasteiger partial charge in [0.2, 0.25) is 0 Å². The Labute approximate surface area is 79.2 Å². The van der Waals surface area contributed by atoms with Crippen LogP contribution in [0.4, 0.5) is 0 Å². The van der Waals surface area contributed by atoms with E-state index in [0.29, 0.717) is 10.0 Å². The third-order valence-corrected chi connectivity index (χ3v) is 2.07. The first kappa shape index (κ1) is 7.77. The predicted molar refractivity (Wildman–Crippen MR) is 49.6 cm³/mol. The molecule has 0 bridgehead atoms.